The number of aliphatic hydroxyl groups is 1. The van der Waals surface area contributed by atoms with Crippen LogP contribution in [-0.4, -0.2) is 59.2 Å². The van der Waals surface area contributed by atoms with Crippen molar-refractivity contribution in [1.82, 2.24) is 15.5 Å². The average Bonchev–Trinajstić information content (AvgIpc) is 3.55. The van der Waals surface area contributed by atoms with Crippen molar-refractivity contribution in [1.29, 1.82) is 0 Å². The topological polar surface area (TPSA) is 90.5 Å². The van der Waals surface area contributed by atoms with Crippen LogP contribution in [0.4, 0.5) is 5.69 Å². The highest BCUT2D eigenvalue weighted by Crippen LogP contribution is 2.40. The van der Waals surface area contributed by atoms with Crippen molar-refractivity contribution >= 4 is 22.5 Å². The van der Waals surface area contributed by atoms with Crippen LogP contribution in [0.5, 0.6) is 0 Å². The Labute approximate surface area is 234 Å². The highest BCUT2D eigenvalue weighted by Gasteiger charge is 2.40. The van der Waals surface area contributed by atoms with E-state index in [1.54, 1.807) is 0 Å². The van der Waals surface area contributed by atoms with E-state index in [1.807, 2.05) is 24.3 Å². The van der Waals surface area contributed by atoms with Gasteiger partial charge < -0.3 is 20.1 Å². The summed E-state index contributed by atoms with van der Waals surface area (Å²) in [5, 5.41) is 22.1. The van der Waals surface area contributed by atoms with Gasteiger partial charge >= 0.3 is 0 Å². The molecule has 1 unspecified atom stereocenters. The molecule has 3 aliphatic rings. The van der Waals surface area contributed by atoms with Crippen LogP contribution in [-0.2, 0) is 10.2 Å². The summed E-state index contributed by atoms with van der Waals surface area (Å²) in [7, 11) is 0. The molecule has 4 aromatic rings. The van der Waals surface area contributed by atoms with Crippen LogP contribution in [0, 0.1) is 0 Å². The molecule has 40 heavy (non-hydrogen) atoms. The first-order chi connectivity index (χ1) is 19.6. The zero-order valence-electron chi connectivity index (χ0n) is 22.7. The van der Waals surface area contributed by atoms with Gasteiger partial charge in [-0.1, -0.05) is 42.5 Å². The average molecular weight is 537 g/mol. The number of carbonyl (C=O) groups is 1. The van der Waals surface area contributed by atoms with Crippen LogP contribution in [0.2, 0.25) is 0 Å². The zero-order valence-corrected chi connectivity index (χ0v) is 22.7. The number of aromatic amines is 1. The molecular formula is C33H36N4O3. The van der Waals surface area contributed by atoms with E-state index in [4.69, 9.17) is 4.74 Å². The monoisotopic (exact) mass is 536 g/mol. The highest BCUT2D eigenvalue weighted by molar-refractivity contribution is 6.01. The van der Waals surface area contributed by atoms with Gasteiger partial charge in [-0.2, -0.15) is 5.10 Å². The minimum atomic E-state index is -0.171. The number of fused-ring (bicyclic) bond motifs is 3. The Morgan fingerprint density at radius 2 is 1.73 bits per heavy atom. The summed E-state index contributed by atoms with van der Waals surface area (Å²) in [6.07, 6.45) is 5.61. The van der Waals surface area contributed by atoms with Gasteiger partial charge in [0, 0.05) is 59.5 Å². The van der Waals surface area contributed by atoms with E-state index >= 15 is 0 Å². The van der Waals surface area contributed by atoms with Gasteiger partial charge in [-0.15, -0.1) is 0 Å². The predicted molar refractivity (Wildman–Crippen MR) is 157 cm³/mol. The zero-order chi connectivity index (χ0) is 27.1. The van der Waals surface area contributed by atoms with Crippen LogP contribution >= 0.6 is 0 Å². The Bertz CT molecular complexity index is 1480. The second-order valence-corrected chi connectivity index (χ2v) is 11.7. The predicted octanol–water partition coefficient (Wildman–Crippen LogP) is 5.20. The van der Waals surface area contributed by atoms with Gasteiger partial charge in [-0.3, -0.25) is 9.89 Å². The van der Waals surface area contributed by atoms with E-state index in [-0.39, 0.29) is 17.4 Å². The largest absolute Gasteiger partial charge is 0.393 e. The number of nitrogens with zero attached hydrogens (tertiary/aromatic N) is 2. The number of benzene rings is 3. The maximum atomic E-state index is 13.4. The maximum absolute atomic E-state index is 13.4. The Hall–Kier alpha value is -3.68. The summed E-state index contributed by atoms with van der Waals surface area (Å²) in [5.74, 6) is -0.0750. The van der Waals surface area contributed by atoms with Gasteiger partial charge in [0.25, 0.3) is 5.91 Å². The summed E-state index contributed by atoms with van der Waals surface area (Å²) >= 11 is 0. The number of nitrogens with one attached hydrogen (secondary N) is 2. The van der Waals surface area contributed by atoms with Crippen molar-refractivity contribution in [3.63, 3.8) is 0 Å². The summed E-state index contributed by atoms with van der Waals surface area (Å²) in [6.45, 7) is 1.98. The van der Waals surface area contributed by atoms with E-state index in [2.05, 4.69) is 68.9 Å². The third-order valence-corrected chi connectivity index (χ3v) is 9.40. The highest BCUT2D eigenvalue weighted by atomic mass is 16.5. The second-order valence-electron chi connectivity index (χ2n) is 11.7. The summed E-state index contributed by atoms with van der Waals surface area (Å²) in [5.41, 5.74) is 5.75. The molecule has 3 N–H and O–H groups in total. The molecule has 0 spiro atoms. The molecule has 4 heterocycles. The number of aliphatic hydroxyl groups excluding tert-OH is 1. The van der Waals surface area contributed by atoms with Gasteiger partial charge in [0.15, 0.2) is 0 Å². The number of H-pyrrole nitrogens is 1. The Balaban J connectivity index is 1.11. The van der Waals surface area contributed by atoms with Crippen LogP contribution < -0.4 is 10.2 Å². The van der Waals surface area contributed by atoms with E-state index < -0.39 is 0 Å². The van der Waals surface area contributed by atoms with Crippen molar-refractivity contribution in [2.24, 2.45) is 0 Å². The number of aromatic nitrogens is 2. The number of ether oxygens (including phenoxy) is 1. The lowest BCUT2D eigenvalue weighted by molar-refractivity contribution is 0.0487. The van der Waals surface area contributed by atoms with E-state index in [1.165, 1.54) is 11.3 Å². The first kappa shape index (κ1) is 25.3. The minimum Gasteiger partial charge on any atom is -0.393 e. The number of hydrogen-bond acceptors (Lipinski definition) is 5. The Kier molecular flexibility index (Phi) is 6.56. The van der Waals surface area contributed by atoms with Crippen LogP contribution in [0.15, 0.2) is 72.8 Å². The number of piperidine rings is 1. The van der Waals surface area contributed by atoms with Gasteiger partial charge in [0.2, 0.25) is 0 Å². The summed E-state index contributed by atoms with van der Waals surface area (Å²) in [4.78, 5) is 15.9. The number of carbonyl (C=O) groups excluding carboxylic acids is 1. The lowest BCUT2D eigenvalue weighted by Gasteiger charge is -2.39. The fourth-order valence-electron chi connectivity index (χ4n) is 7.21. The molecule has 0 aliphatic carbocycles. The minimum absolute atomic E-state index is 0.0750. The molecule has 3 fully saturated rings. The number of hydrogen-bond donors (Lipinski definition) is 3. The molecule has 1 aromatic heterocycles. The molecule has 1 amide bonds. The van der Waals surface area contributed by atoms with E-state index in [0.717, 1.165) is 60.7 Å². The number of rotatable bonds is 6. The normalized spacial score (nSPS) is 23.8. The third kappa shape index (κ3) is 4.57. The Morgan fingerprint density at radius 3 is 2.45 bits per heavy atom. The lowest BCUT2D eigenvalue weighted by Crippen LogP contribution is -2.44. The molecule has 7 heteroatoms. The van der Waals surface area contributed by atoms with Gasteiger partial charge in [0.05, 0.1) is 17.3 Å². The number of anilines is 1. The fraction of sp³-hybridized carbons (Fsp3) is 0.394. The first-order valence-corrected chi connectivity index (χ1v) is 14.6. The van der Waals surface area contributed by atoms with Crippen molar-refractivity contribution < 1.29 is 14.6 Å². The van der Waals surface area contributed by atoms with Gasteiger partial charge in [0.1, 0.15) is 0 Å². The van der Waals surface area contributed by atoms with Crippen LogP contribution in [0.1, 0.15) is 54.4 Å². The van der Waals surface area contributed by atoms with Gasteiger partial charge in [-0.25, -0.2) is 0 Å². The maximum Gasteiger partial charge on any atom is 0.251 e. The standard InChI is InChI=1S/C33H36N4O3/c38-28-19-26-11-12-27(20-28)37(26)25-9-6-22(7-10-25)31-29-18-23(8-13-30(29)35-36-31)32(39)34-21-33(14-16-40-17-15-33)24-4-2-1-3-5-24/h1-10,13,18,26-28,38H,11-12,14-17,19-21H2,(H,34,39)(H,35,36)/t26-,27+,28?. The third-order valence-electron chi connectivity index (χ3n) is 9.40. The quantitative estimate of drug-likeness (QED) is 0.315. The molecule has 3 aromatic carbocycles. The first-order valence-electron chi connectivity index (χ1n) is 14.6. The lowest BCUT2D eigenvalue weighted by atomic mass is 9.74. The molecule has 3 atom stereocenters. The van der Waals surface area contributed by atoms with Crippen molar-refractivity contribution in [2.75, 3.05) is 24.7 Å². The van der Waals surface area contributed by atoms with Crippen molar-refractivity contribution in [3.8, 4) is 11.3 Å². The van der Waals surface area contributed by atoms with Crippen molar-refractivity contribution in [3.05, 3.63) is 83.9 Å². The molecule has 206 valence electrons. The molecule has 0 radical (unpaired) electrons. The fourth-order valence-corrected chi connectivity index (χ4v) is 7.21. The van der Waals surface area contributed by atoms with Gasteiger partial charge in [-0.05, 0) is 74.4 Å². The molecule has 0 saturated carbocycles. The molecule has 3 aliphatic heterocycles. The molecular weight excluding hydrogens is 500 g/mol. The summed E-state index contributed by atoms with van der Waals surface area (Å²) < 4.78 is 5.66. The van der Waals surface area contributed by atoms with Crippen LogP contribution in [0.25, 0.3) is 22.2 Å². The molecule has 3 saturated heterocycles. The summed E-state index contributed by atoms with van der Waals surface area (Å²) in [6, 6.07) is 25.7. The number of amides is 1. The molecule has 7 nitrogen and oxygen atoms in total. The molecule has 2 bridgehead atoms. The molecule has 7 rings (SSSR count). The Morgan fingerprint density at radius 1 is 1.00 bits per heavy atom. The van der Waals surface area contributed by atoms with Crippen LogP contribution in [0.3, 0.4) is 0 Å². The smallest absolute Gasteiger partial charge is 0.251 e. The van der Waals surface area contributed by atoms with Crippen molar-refractivity contribution in [2.45, 2.75) is 62.1 Å². The second kappa shape index (κ2) is 10.4. The van der Waals surface area contributed by atoms with E-state index in [0.29, 0.717) is 37.4 Å². The SMILES string of the molecule is O=C(NCC1(c2ccccc2)CCOCC1)c1ccc2[nH]nc(-c3ccc(N4[C@@H]5CC[C@H]4CC(O)C5)cc3)c2c1. The van der Waals surface area contributed by atoms with E-state index in [9.17, 15) is 9.90 Å².